The predicted molar refractivity (Wildman–Crippen MR) is 96.5 cm³/mol. The first-order chi connectivity index (χ1) is 10.2. The maximum atomic E-state index is 5.97. The Morgan fingerprint density at radius 3 is 2.29 bits per heavy atom. The summed E-state index contributed by atoms with van der Waals surface area (Å²) in [6, 6.07) is 18.9. The van der Waals surface area contributed by atoms with Crippen molar-refractivity contribution < 1.29 is 0 Å². The Hall–Kier alpha value is -1.12. The average molecular weight is 320 g/mol. The molecule has 1 N–H and O–H groups in total. The van der Waals surface area contributed by atoms with Gasteiger partial charge in [0.05, 0.1) is 6.04 Å². The molecule has 0 saturated heterocycles. The van der Waals surface area contributed by atoms with E-state index in [1.165, 1.54) is 18.4 Å². The number of hydrogen-bond acceptors (Lipinski definition) is 2. The first-order valence-corrected chi connectivity index (χ1v) is 9.01. The number of nitrogens with one attached hydrogen (secondary N) is 1. The maximum absolute atomic E-state index is 5.97. The Morgan fingerprint density at radius 1 is 1.05 bits per heavy atom. The lowest BCUT2D eigenvalue weighted by molar-refractivity contribution is 0.653. The molecule has 0 bridgehead atoms. The Kier molecular flexibility index (Phi) is 6.47. The third kappa shape index (κ3) is 4.69. The van der Waals surface area contributed by atoms with E-state index in [0.717, 1.165) is 10.7 Å². The molecule has 0 saturated carbocycles. The number of anilines is 1. The minimum atomic E-state index is 0.308. The number of benzene rings is 2. The van der Waals surface area contributed by atoms with Crippen LogP contribution in [0.15, 0.2) is 54.6 Å². The van der Waals surface area contributed by atoms with Crippen molar-refractivity contribution in [2.24, 2.45) is 0 Å². The molecule has 0 heterocycles. The smallest absolute Gasteiger partial charge is 0.0632 e. The SMILES string of the molecule is CCCC(SC)C(Nc1ccc(Cl)cc1)c1ccccc1. The van der Waals surface area contributed by atoms with Gasteiger partial charge in [-0.2, -0.15) is 11.8 Å². The van der Waals surface area contributed by atoms with Crippen molar-refractivity contribution in [2.45, 2.75) is 31.1 Å². The Labute approximate surface area is 137 Å². The molecule has 1 nitrogen and oxygen atoms in total. The summed E-state index contributed by atoms with van der Waals surface area (Å²) in [6.45, 7) is 2.24. The van der Waals surface area contributed by atoms with Gasteiger partial charge in [0.1, 0.15) is 0 Å². The molecule has 112 valence electrons. The van der Waals surface area contributed by atoms with E-state index in [1.807, 2.05) is 36.0 Å². The van der Waals surface area contributed by atoms with Gasteiger partial charge in [0.15, 0.2) is 0 Å². The van der Waals surface area contributed by atoms with Gasteiger partial charge in [-0.15, -0.1) is 0 Å². The van der Waals surface area contributed by atoms with Crippen LogP contribution in [0.2, 0.25) is 5.02 Å². The minimum absolute atomic E-state index is 0.308. The first-order valence-electron chi connectivity index (χ1n) is 7.34. The molecule has 0 fully saturated rings. The molecule has 2 aromatic carbocycles. The lowest BCUT2D eigenvalue weighted by atomic mass is 10.00. The maximum Gasteiger partial charge on any atom is 0.0632 e. The summed E-state index contributed by atoms with van der Waals surface area (Å²) < 4.78 is 0. The molecule has 0 aliphatic heterocycles. The highest BCUT2D eigenvalue weighted by atomic mass is 35.5. The summed E-state index contributed by atoms with van der Waals surface area (Å²) >= 11 is 7.90. The molecule has 2 atom stereocenters. The van der Waals surface area contributed by atoms with Crippen molar-refractivity contribution in [3.63, 3.8) is 0 Å². The molecule has 0 radical (unpaired) electrons. The van der Waals surface area contributed by atoms with E-state index >= 15 is 0 Å². The van der Waals surface area contributed by atoms with Crippen LogP contribution in [0.3, 0.4) is 0 Å². The zero-order valence-electron chi connectivity index (χ0n) is 12.6. The van der Waals surface area contributed by atoms with E-state index in [9.17, 15) is 0 Å². The second-order valence-corrected chi connectivity index (χ2v) is 6.62. The fraction of sp³-hybridized carbons (Fsp3) is 0.333. The monoisotopic (exact) mass is 319 g/mol. The van der Waals surface area contributed by atoms with E-state index in [2.05, 4.69) is 48.8 Å². The topological polar surface area (TPSA) is 12.0 Å². The fourth-order valence-corrected chi connectivity index (χ4v) is 3.58. The summed E-state index contributed by atoms with van der Waals surface area (Å²) in [5.74, 6) is 0. The molecule has 21 heavy (non-hydrogen) atoms. The van der Waals surface area contributed by atoms with Crippen molar-refractivity contribution in [3.8, 4) is 0 Å². The van der Waals surface area contributed by atoms with Crippen LogP contribution in [0, 0.1) is 0 Å². The standard InChI is InChI=1S/C18H22ClNS/c1-3-7-17(21-2)18(14-8-5-4-6-9-14)20-16-12-10-15(19)11-13-16/h4-6,8-13,17-18,20H,3,7H2,1-2H3. The van der Waals surface area contributed by atoms with E-state index in [-0.39, 0.29) is 0 Å². The van der Waals surface area contributed by atoms with Gasteiger partial charge in [0, 0.05) is 16.0 Å². The van der Waals surface area contributed by atoms with Gasteiger partial charge in [0.25, 0.3) is 0 Å². The molecule has 0 amide bonds. The summed E-state index contributed by atoms with van der Waals surface area (Å²) in [5, 5.41) is 5.00. The first kappa shape index (κ1) is 16.3. The molecule has 2 aromatic rings. The zero-order valence-corrected chi connectivity index (χ0v) is 14.1. The second-order valence-electron chi connectivity index (χ2n) is 5.10. The molecule has 2 rings (SSSR count). The van der Waals surface area contributed by atoms with Gasteiger partial charge in [-0.05, 0) is 42.5 Å². The van der Waals surface area contributed by atoms with Crippen molar-refractivity contribution in [2.75, 3.05) is 11.6 Å². The van der Waals surface area contributed by atoms with E-state index < -0.39 is 0 Å². The highest BCUT2D eigenvalue weighted by Gasteiger charge is 2.21. The van der Waals surface area contributed by atoms with Gasteiger partial charge in [-0.1, -0.05) is 55.3 Å². The van der Waals surface area contributed by atoms with Crippen molar-refractivity contribution in [3.05, 3.63) is 65.2 Å². The van der Waals surface area contributed by atoms with Gasteiger partial charge >= 0.3 is 0 Å². The molecular weight excluding hydrogens is 298 g/mol. The number of halogens is 1. The van der Waals surface area contributed by atoms with Crippen LogP contribution in [0.25, 0.3) is 0 Å². The molecule has 0 aliphatic carbocycles. The fourth-order valence-electron chi connectivity index (χ4n) is 2.48. The Morgan fingerprint density at radius 2 is 1.71 bits per heavy atom. The van der Waals surface area contributed by atoms with Gasteiger partial charge in [0.2, 0.25) is 0 Å². The Balaban J connectivity index is 2.24. The lowest BCUT2D eigenvalue weighted by Gasteiger charge is -2.28. The van der Waals surface area contributed by atoms with Gasteiger partial charge in [-0.25, -0.2) is 0 Å². The molecule has 3 heteroatoms. The third-order valence-electron chi connectivity index (χ3n) is 3.57. The number of rotatable bonds is 7. The average Bonchev–Trinajstić information content (AvgIpc) is 2.53. The van der Waals surface area contributed by atoms with Crippen molar-refractivity contribution >= 4 is 29.1 Å². The predicted octanol–water partition coefficient (Wildman–Crippen LogP) is 6.02. The van der Waals surface area contributed by atoms with Gasteiger partial charge < -0.3 is 5.32 Å². The summed E-state index contributed by atoms with van der Waals surface area (Å²) in [4.78, 5) is 0. The summed E-state index contributed by atoms with van der Waals surface area (Å²) in [5.41, 5.74) is 2.45. The molecule has 0 spiro atoms. The molecular formula is C18H22ClNS. The Bertz CT molecular complexity index is 527. The van der Waals surface area contributed by atoms with Crippen LogP contribution in [0.5, 0.6) is 0 Å². The zero-order chi connectivity index (χ0) is 15.1. The van der Waals surface area contributed by atoms with Gasteiger partial charge in [-0.3, -0.25) is 0 Å². The van der Waals surface area contributed by atoms with Crippen LogP contribution in [0.4, 0.5) is 5.69 Å². The van der Waals surface area contributed by atoms with E-state index in [4.69, 9.17) is 11.6 Å². The van der Waals surface area contributed by atoms with Crippen LogP contribution in [-0.2, 0) is 0 Å². The molecule has 0 aliphatic rings. The van der Waals surface area contributed by atoms with Crippen LogP contribution in [0.1, 0.15) is 31.4 Å². The van der Waals surface area contributed by atoms with Crippen LogP contribution >= 0.6 is 23.4 Å². The van der Waals surface area contributed by atoms with Crippen LogP contribution in [-0.4, -0.2) is 11.5 Å². The second kappa shape index (κ2) is 8.35. The van der Waals surface area contributed by atoms with Crippen molar-refractivity contribution in [1.82, 2.24) is 0 Å². The summed E-state index contributed by atoms with van der Waals surface area (Å²) in [7, 11) is 0. The normalized spacial score (nSPS) is 13.7. The lowest BCUT2D eigenvalue weighted by Crippen LogP contribution is -2.23. The summed E-state index contributed by atoms with van der Waals surface area (Å²) in [6.07, 6.45) is 4.58. The third-order valence-corrected chi connectivity index (χ3v) is 4.94. The quantitative estimate of drug-likeness (QED) is 0.669. The highest BCUT2D eigenvalue weighted by molar-refractivity contribution is 7.99. The molecule has 0 aromatic heterocycles. The molecule has 2 unspecified atom stereocenters. The van der Waals surface area contributed by atoms with E-state index in [0.29, 0.717) is 11.3 Å². The number of thioether (sulfide) groups is 1. The van der Waals surface area contributed by atoms with Crippen LogP contribution < -0.4 is 5.32 Å². The number of hydrogen-bond donors (Lipinski definition) is 1. The van der Waals surface area contributed by atoms with E-state index in [1.54, 1.807) is 0 Å². The highest BCUT2D eigenvalue weighted by Crippen LogP contribution is 2.32. The van der Waals surface area contributed by atoms with Crippen molar-refractivity contribution in [1.29, 1.82) is 0 Å². The minimum Gasteiger partial charge on any atom is -0.377 e. The largest absolute Gasteiger partial charge is 0.377 e.